The number of amides is 1. The maximum absolute atomic E-state index is 11.9. The lowest BCUT2D eigenvalue weighted by molar-refractivity contribution is -0.120. The highest BCUT2D eigenvalue weighted by molar-refractivity contribution is 7.99. The minimum atomic E-state index is -0.0194. The molecule has 0 aliphatic carbocycles. The lowest BCUT2D eigenvalue weighted by atomic mass is 10.2. The van der Waals surface area contributed by atoms with E-state index >= 15 is 0 Å². The maximum atomic E-state index is 11.9. The van der Waals surface area contributed by atoms with Crippen molar-refractivity contribution in [3.63, 3.8) is 0 Å². The van der Waals surface area contributed by atoms with Gasteiger partial charge in [-0.05, 0) is 26.0 Å². The Kier molecular flexibility index (Phi) is 7.60. The van der Waals surface area contributed by atoms with E-state index in [-0.39, 0.29) is 11.2 Å². The number of rotatable bonds is 8. The van der Waals surface area contributed by atoms with Crippen LogP contribution in [0.1, 0.15) is 26.3 Å². The van der Waals surface area contributed by atoms with Crippen molar-refractivity contribution in [2.75, 3.05) is 13.1 Å². The minimum Gasteiger partial charge on any atom is -0.354 e. The Morgan fingerprint density at radius 1 is 1.26 bits per heavy atom. The Morgan fingerprint density at radius 3 is 2.58 bits per heavy atom. The SMILES string of the molecule is CCN[C@H](C)CNC(=O)C(C)SCc1ccccc1. The zero-order chi connectivity index (χ0) is 14.1. The summed E-state index contributed by atoms with van der Waals surface area (Å²) in [5.74, 6) is 0.990. The number of likely N-dealkylation sites (N-methyl/N-ethyl adjacent to an activating group) is 1. The minimum absolute atomic E-state index is 0.0194. The van der Waals surface area contributed by atoms with Gasteiger partial charge in [-0.25, -0.2) is 0 Å². The molecular weight excluding hydrogens is 256 g/mol. The fraction of sp³-hybridized carbons (Fsp3) is 0.533. The van der Waals surface area contributed by atoms with Gasteiger partial charge in [-0.1, -0.05) is 37.3 Å². The normalized spacial score (nSPS) is 13.8. The van der Waals surface area contributed by atoms with Crippen LogP contribution >= 0.6 is 11.8 Å². The molecule has 3 nitrogen and oxygen atoms in total. The Hall–Kier alpha value is -1.00. The van der Waals surface area contributed by atoms with Crippen LogP contribution in [-0.4, -0.2) is 30.3 Å². The Bertz CT molecular complexity index is 370. The van der Waals surface area contributed by atoms with Crippen molar-refractivity contribution in [3.05, 3.63) is 35.9 Å². The second kappa shape index (κ2) is 8.99. The molecule has 2 atom stereocenters. The van der Waals surface area contributed by atoms with Crippen LogP contribution < -0.4 is 10.6 Å². The quantitative estimate of drug-likeness (QED) is 0.768. The first-order chi connectivity index (χ1) is 9.13. The molecule has 106 valence electrons. The highest BCUT2D eigenvalue weighted by Gasteiger charge is 2.13. The van der Waals surface area contributed by atoms with Crippen LogP contribution in [0.15, 0.2) is 30.3 Å². The first-order valence-corrected chi connectivity index (χ1v) is 7.85. The summed E-state index contributed by atoms with van der Waals surface area (Å²) in [7, 11) is 0. The first-order valence-electron chi connectivity index (χ1n) is 6.80. The van der Waals surface area contributed by atoms with Gasteiger partial charge >= 0.3 is 0 Å². The summed E-state index contributed by atoms with van der Waals surface area (Å²) in [5, 5.41) is 6.24. The van der Waals surface area contributed by atoms with Crippen LogP contribution in [-0.2, 0) is 10.5 Å². The number of carbonyl (C=O) groups is 1. The Balaban J connectivity index is 2.25. The van der Waals surface area contributed by atoms with E-state index in [1.165, 1.54) is 5.56 Å². The molecule has 0 heterocycles. The van der Waals surface area contributed by atoms with Crippen molar-refractivity contribution >= 4 is 17.7 Å². The van der Waals surface area contributed by atoms with Crippen molar-refractivity contribution < 1.29 is 4.79 Å². The zero-order valence-corrected chi connectivity index (χ0v) is 12.8. The van der Waals surface area contributed by atoms with Crippen LogP contribution in [0.5, 0.6) is 0 Å². The van der Waals surface area contributed by atoms with Gasteiger partial charge in [-0.3, -0.25) is 4.79 Å². The van der Waals surface area contributed by atoms with Crippen molar-refractivity contribution in [1.29, 1.82) is 0 Å². The van der Waals surface area contributed by atoms with Crippen molar-refractivity contribution in [1.82, 2.24) is 10.6 Å². The predicted molar refractivity (Wildman–Crippen MR) is 83.3 cm³/mol. The molecule has 0 fully saturated rings. The molecule has 1 unspecified atom stereocenters. The number of nitrogens with one attached hydrogen (secondary N) is 2. The number of thioether (sulfide) groups is 1. The Morgan fingerprint density at radius 2 is 1.95 bits per heavy atom. The topological polar surface area (TPSA) is 41.1 Å². The molecule has 1 aromatic carbocycles. The highest BCUT2D eigenvalue weighted by Crippen LogP contribution is 2.17. The number of hydrogen-bond donors (Lipinski definition) is 2. The highest BCUT2D eigenvalue weighted by atomic mass is 32.2. The van der Waals surface area contributed by atoms with Crippen LogP contribution in [0.25, 0.3) is 0 Å². The molecule has 0 saturated carbocycles. The van der Waals surface area contributed by atoms with Crippen LogP contribution in [0, 0.1) is 0 Å². The molecular formula is C15H24N2OS. The molecule has 1 amide bonds. The fourth-order valence-electron chi connectivity index (χ4n) is 1.69. The summed E-state index contributed by atoms with van der Waals surface area (Å²) in [6.07, 6.45) is 0. The third kappa shape index (κ3) is 6.64. The van der Waals surface area contributed by atoms with Crippen molar-refractivity contribution in [2.24, 2.45) is 0 Å². The summed E-state index contributed by atoms with van der Waals surface area (Å²) < 4.78 is 0. The van der Waals surface area contributed by atoms with E-state index in [1.54, 1.807) is 11.8 Å². The van der Waals surface area contributed by atoms with Crippen molar-refractivity contribution in [3.8, 4) is 0 Å². The monoisotopic (exact) mass is 280 g/mol. The standard InChI is InChI=1S/C15H24N2OS/c1-4-16-12(2)10-17-15(18)13(3)19-11-14-8-6-5-7-9-14/h5-9,12-13,16H,4,10-11H2,1-3H3,(H,17,18)/t12-,13?/m1/s1. The van der Waals surface area contributed by atoms with Gasteiger partial charge in [0.25, 0.3) is 0 Å². The van der Waals surface area contributed by atoms with Crippen molar-refractivity contribution in [2.45, 2.75) is 37.8 Å². The van der Waals surface area contributed by atoms with E-state index in [9.17, 15) is 4.79 Å². The van der Waals surface area contributed by atoms with E-state index in [2.05, 4.69) is 36.6 Å². The van der Waals surface area contributed by atoms with Crippen LogP contribution in [0.2, 0.25) is 0 Å². The van der Waals surface area contributed by atoms with E-state index in [0.717, 1.165) is 12.3 Å². The molecule has 0 bridgehead atoms. The molecule has 0 spiro atoms. The lowest BCUT2D eigenvalue weighted by Crippen LogP contribution is -2.41. The molecule has 0 aromatic heterocycles. The summed E-state index contributed by atoms with van der Waals surface area (Å²) >= 11 is 1.67. The molecule has 0 saturated heterocycles. The fourth-order valence-corrected chi connectivity index (χ4v) is 2.56. The van der Waals surface area contributed by atoms with Gasteiger partial charge in [0.2, 0.25) is 5.91 Å². The van der Waals surface area contributed by atoms with E-state index in [4.69, 9.17) is 0 Å². The second-order valence-electron chi connectivity index (χ2n) is 4.64. The zero-order valence-electron chi connectivity index (χ0n) is 12.0. The summed E-state index contributed by atoms with van der Waals surface area (Å²) in [6.45, 7) is 7.71. The predicted octanol–water partition coefficient (Wildman–Crippen LogP) is 2.42. The molecule has 0 aliphatic heterocycles. The molecule has 1 rings (SSSR count). The van der Waals surface area contributed by atoms with Gasteiger partial charge in [0, 0.05) is 18.3 Å². The second-order valence-corrected chi connectivity index (χ2v) is 5.97. The van der Waals surface area contributed by atoms with Gasteiger partial charge < -0.3 is 10.6 Å². The average molecular weight is 280 g/mol. The molecule has 0 radical (unpaired) electrons. The lowest BCUT2D eigenvalue weighted by Gasteiger charge is -2.16. The van der Waals surface area contributed by atoms with Gasteiger partial charge in [-0.15, -0.1) is 11.8 Å². The van der Waals surface area contributed by atoms with Gasteiger partial charge in [0.05, 0.1) is 5.25 Å². The third-order valence-corrected chi connectivity index (χ3v) is 4.06. The molecule has 0 aliphatic rings. The number of hydrogen-bond acceptors (Lipinski definition) is 3. The molecule has 1 aromatic rings. The third-order valence-electron chi connectivity index (χ3n) is 2.85. The van der Waals surface area contributed by atoms with Gasteiger partial charge in [0.15, 0.2) is 0 Å². The van der Waals surface area contributed by atoms with Crippen LogP contribution in [0.3, 0.4) is 0 Å². The molecule has 4 heteroatoms. The Labute approximate surface area is 120 Å². The number of carbonyl (C=O) groups excluding carboxylic acids is 1. The van der Waals surface area contributed by atoms with Gasteiger partial charge in [0.1, 0.15) is 0 Å². The number of benzene rings is 1. The van der Waals surface area contributed by atoms with E-state index < -0.39 is 0 Å². The largest absolute Gasteiger partial charge is 0.354 e. The van der Waals surface area contributed by atoms with Crippen LogP contribution in [0.4, 0.5) is 0 Å². The molecule has 2 N–H and O–H groups in total. The first kappa shape index (κ1) is 16.1. The average Bonchev–Trinajstić information content (AvgIpc) is 2.43. The van der Waals surface area contributed by atoms with E-state index in [0.29, 0.717) is 12.6 Å². The molecule has 19 heavy (non-hydrogen) atoms. The van der Waals surface area contributed by atoms with E-state index in [1.807, 2.05) is 25.1 Å². The summed E-state index contributed by atoms with van der Waals surface area (Å²) in [5.41, 5.74) is 1.26. The summed E-state index contributed by atoms with van der Waals surface area (Å²) in [6, 6.07) is 10.6. The smallest absolute Gasteiger partial charge is 0.232 e. The maximum Gasteiger partial charge on any atom is 0.232 e. The van der Waals surface area contributed by atoms with Gasteiger partial charge in [-0.2, -0.15) is 0 Å². The summed E-state index contributed by atoms with van der Waals surface area (Å²) in [4.78, 5) is 11.9.